The molecular formula is C19H31FN2. The molecule has 0 atom stereocenters. The van der Waals surface area contributed by atoms with Crippen LogP contribution >= 0.6 is 0 Å². The standard InChI is InChI=1S/C17H25FN2.C2H6/c1-13(2)15-5-4-14(10-16(15)18)20-8-6-17(7-9-20)11-19(3)12-17;1-2/h4-5,10,13H,6-9,11-12H2,1-3H3;1-2H3. The topological polar surface area (TPSA) is 6.48 Å². The third kappa shape index (κ3) is 3.45. The van der Waals surface area contributed by atoms with Gasteiger partial charge in [-0.25, -0.2) is 4.39 Å². The van der Waals surface area contributed by atoms with Crippen LogP contribution in [-0.4, -0.2) is 38.1 Å². The molecule has 0 aromatic heterocycles. The summed E-state index contributed by atoms with van der Waals surface area (Å²) in [6.45, 7) is 12.7. The van der Waals surface area contributed by atoms with Crippen LogP contribution in [0.15, 0.2) is 18.2 Å². The molecule has 0 bridgehead atoms. The minimum atomic E-state index is -0.0545. The highest BCUT2D eigenvalue weighted by molar-refractivity contribution is 5.49. The molecule has 0 saturated carbocycles. The Bertz CT molecular complexity index is 482. The third-order valence-electron chi connectivity index (χ3n) is 5.01. The number of nitrogens with zero attached hydrogens (tertiary/aromatic N) is 2. The molecule has 0 amide bonds. The lowest BCUT2D eigenvalue weighted by Crippen LogP contribution is -2.58. The van der Waals surface area contributed by atoms with Crippen molar-refractivity contribution in [3.05, 3.63) is 29.6 Å². The van der Waals surface area contributed by atoms with Gasteiger partial charge < -0.3 is 9.80 Å². The van der Waals surface area contributed by atoms with E-state index in [2.05, 4.69) is 22.9 Å². The molecule has 2 nitrogen and oxygen atoms in total. The van der Waals surface area contributed by atoms with Crippen LogP contribution < -0.4 is 4.90 Å². The maximum Gasteiger partial charge on any atom is 0.128 e. The number of rotatable bonds is 2. The predicted octanol–water partition coefficient (Wildman–Crippen LogP) is 4.51. The number of likely N-dealkylation sites (tertiary alicyclic amines) is 1. The number of hydrogen-bond donors (Lipinski definition) is 0. The Morgan fingerprint density at radius 1 is 1.09 bits per heavy atom. The van der Waals surface area contributed by atoms with Crippen LogP contribution in [0, 0.1) is 11.2 Å². The van der Waals surface area contributed by atoms with Crippen molar-refractivity contribution in [1.29, 1.82) is 0 Å². The summed E-state index contributed by atoms with van der Waals surface area (Å²) in [7, 11) is 2.19. The fourth-order valence-electron chi connectivity index (χ4n) is 3.84. The first-order valence-electron chi connectivity index (χ1n) is 8.72. The number of benzene rings is 1. The Labute approximate surface area is 135 Å². The van der Waals surface area contributed by atoms with Crippen molar-refractivity contribution in [3.8, 4) is 0 Å². The van der Waals surface area contributed by atoms with Gasteiger partial charge in [-0.05, 0) is 48.9 Å². The average Bonchev–Trinajstić information content (AvgIpc) is 2.48. The van der Waals surface area contributed by atoms with Crippen LogP contribution in [0.5, 0.6) is 0 Å². The normalized spacial score (nSPS) is 20.6. The first kappa shape index (κ1) is 17.3. The van der Waals surface area contributed by atoms with E-state index >= 15 is 0 Å². The predicted molar refractivity (Wildman–Crippen MR) is 93.2 cm³/mol. The Morgan fingerprint density at radius 3 is 2.14 bits per heavy atom. The molecule has 3 rings (SSSR count). The zero-order valence-corrected chi connectivity index (χ0v) is 14.8. The van der Waals surface area contributed by atoms with Crippen LogP contribution in [0.1, 0.15) is 52.0 Å². The van der Waals surface area contributed by atoms with Crippen LogP contribution in [0.25, 0.3) is 0 Å². The maximum absolute atomic E-state index is 14.1. The monoisotopic (exact) mass is 306 g/mol. The zero-order valence-electron chi connectivity index (χ0n) is 14.8. The van der Waals surface area contributed by atoms with E-state index in [1.807, 2.05) is 33.8 Å². The van der Waals surface area contributed by atoms with E-state index in [0.29, 0.717) is 5.41 Å². The first-order chi connectivity index (χ1) is 10.5. The zero-order chi connectivity index (χ0) is 16.3. The van der Waals surface area contributed by atoms with E-state index in [-0.39, 0.29) is 11.7 Å². The van der Waals surface area contributed by atoms with E-state index < -0.39 is 0 Å². The molecule has 2 heterocycles. The third-order valence-corrected chi connectivity index (χ3v) is 5.01. The highest BCUT2D eigenvalue weighted by atomic mass is 19.1. The number of anilines is 1. The van der Waals surface area contributed by atoms with Gasteiger partial charge in [0.15, 0.2) is 0 Å². The molecule has 2 fully saturated rings. The summed E-state index contributed by atoms with van der Waals surface area (Å²) in [5, 5.41) is 0. The lowest BCUT2D eigenvalue weighted by Gasteiger charge is -2.53. The molecule has 2 saturated heterocycles. The van der Waals surface area contributed by atoms with Crippen LogP contribution in [0.2, 0.25) is 0 Å². The van der Waals surface area contributed by atoms with Gasteiger partial charge in [-0.15, -0.1) is 0 Å². The summed E-state index contributed by atoms with van der Waals surface area (Å²) >= 11 is 0. The van der Waals surface area contributed by atoms with Crippen molar-refractivity contribution < 1.29 is 4.39 Å². The summed E-state index contributed by atoms with van der Waals surface area (Å²) in [5.74, 6) is 0.195. The second kappa shape index (κ2) is 6.99. The van der Waals surface area contributed by atoms with Gasteiger partial charge in [-0.1, -0.05) is 33.8 Å². The van der Waals surface area contributed by atoms with Crippen molar-refractivity contribution in [2.75, 3.05) is 38.1 Å². The van der Waals surface area contributed by atoms with Gasteiger partial charge in [-0.3, -0.25) is 0 Å². The van der Waals surface area contributed by atoms with Crippen LogP contribution in [0.4, 0.5) is 10.1 Å². The van der Waals surface area contributed by atoms with Crippen molar-refractivity contribution in [2.45, 2.75) is 46.5 Å². The lowest BCUT2D eigenvalue weighted by atomic mass is 9.72. The van der Waals surface area contributed by atoms with Crippen LogP contribution in [-0.2, 0) is 0 Å². The fourth-order valence-corrected chi connectivity index (χ4v) is 3.84. The highest BCUT2D eigenvalue weighted by Gasteiger charge is 2.43. The molecule has 2 aliphatic rings. The van der Waals surface area contributed by atoms with E-state index in [0.717, 1.165) is 24.3 Å². The van der Waals surface area contributed by atoms with Crippen molar-refractivity contribution in [3.63, 3.8) is 0 Å². The number of halogens is 1. The molecule has 22 heavy (non-hydrogen) atoms. The van der Waals surface area contributed by atoms with Crippen molar-refractivity contribution >= 4 is 5.69 Å². The smallest absolute Gasteiger partial charge is 0.128 e. The van der Waals surface area contributed by atoms with Gasteiger partial charge in [0.2, 0.25) is 0 Å². The van der Waals surface area contributed by atoms with E-state index in [4.69, 9.17) is 0 Å². The summed E-state index contributed by atoms with van der Waals surface area (Å²) in [6.07, 6.45) is 2.48. The summed E-state index contributed by atoms with van der Waals surface area (Å²) in [6, 6.07) is 5.76. The van der Waals surface area contributed by atoms with Gasteiger partial charge in [0, 0.05) is 31.9 Å². The Hall–Kier alpha value is -1.09. The molecule has 0 aliphatic carbocycles. The fraction of sp³-hybridized carbons (Fsp3) is 0.684. The second-order valence-electron chi connectivity index (χ2n) is 7.02. The number of piperidine rings is 1. The molecule has 0 radical (unpaired) electrons. The minimum absolute atomic E-state index is 0.0545. The van der Waals surface area contributed by atoms with Gasteiger partial charge >= 0.3 is 0 Å². The Kier molecular flexibility index (Phi) is 5.49. The quantitative estimate of drug-likeness (QED) is 0.793. The van der Waals surface area contributed by atoms with E-state index in [1.54, 1.807) is 6.07 Å². The lowest BCUT2D eigenvalue weighted by molar-refractivity contribution is 0.00131. The molecule has 0 N–H and O–H groups in total. The summed E-state index contributed by atoms with van der Waals surface area (Å²) in [4.78, 5) is 4.74. The van der Waals surface area contributed by atoms with E-state index in [9.17, 15) is 4.39 Å². The summed E-state index contributed by atoms with van der Waals surface area (Å²) in [5.41, 5.74) is 2.43. The van der Waals surface area contributed by atoms with Crippen LogP contribution in [0.3, 0.4) is 0 Å². The number of hydrogen-bond acceptors (Lipinski definition) is 2. The molecule has 1 spiro atoms. The maximum atomic E-state index is 14.1. The van der Waals surface area contributed by atoms with Crippen molar-refractivity contribution in [1.82, 2.24) is 4.90 Å². The van der Waals surface area contributed by atoms with Gasteiger partial charge in [-0.2, -0.15) is 0 Å². The molecular weight excluding hydrogens is 275 g/mol. The van der Waals surface area contributed by atoms with E-state index in [1.165, 1.54) is 25.9 Å². The molecule has 0 unspecified atom stereocenters. The minimum Gasteiger partial charge on any atom is -0.371 e. The van der Waals surface area contributed by atoms with Gasteiger partial charge in [0.1, 0.15) is 5.82 Å². The molecule has 1 aromatic rings. The molecule has 3 heteroatoms. The SMILES string of the molecule is CC.CC(C)c1ccc(N2CCC3(CC2)CN(C)C3)cc1F. The summed E-state index contributed by atoms with van der Waals surface area (Å²) < 4.78 is 14.1. The Balaban J connectivity index is 0.000000847. The largest absolute Gasteiger partial charge is 0.371 e. The van der Waals surface area contributed by atoms with Gasteiger partial charge in [0.05, 0.1) is 0 Å². The second-order valence-corrected chi connectivity index (χ2v) is 7.02. The molecule has 2 aliphatic heterocycles. The highest BCUT2D eigenvalue weighted by Crippen LogP contribution is 2.40. The Morgan fingerprint density at radius 2 is 1.68 bits per heavy atom. The molecule has 124 valence electrons. The first-order valence-corrected chi connectivity index (χ1v) is 8.72. The van der Waals surface area contributed by atoms with Gasteiger partial charge in [0.25, 0.3) is 0 Å². The average molecular weight is 306 g/mol. The van der Waals surface area contributed by atoms with Crippen molar-refractivity contribution in [2.24, 2.45) is 5.41 Å². The molecule has 1 aromatic carbocycles.